The van der Waals surface area contributed by atoms with Crippen LogP contribution in [0.25, 0.3) is 0 Å². The van der Waals surface area contributed by atoms with Gasteiger partial charge in [-0.1, -0.05) is 133 Å². The number of rotatable bonds is 18. The Morgan fingerprint density at radius 2 is 0.650 bits per heavy atom. The zero-order chi connectivity index (χ0) is 42.3. The number of benzene rings is 6. The Hall–Kier alpha value is -7.21. The van der Waals surface area contributed by atoms with E-state index in [0.29, 0.717) is 11.1 Å². The molecule has 0 aliphatic heterocycles. The molecule has 0 heterocycles. The van der Waals surface area contributed by atoms with E-state index >= 15 is 0 Å². The van der Waals surface area contributed by atoms with E-state index < -0.39 is 36.0 Å². The number of ether oxygens (including phenoxy) is 4. The smallest absolute Gasteiger partial charge is 0.315 e. The number of ketones is 1. The van der Waals surface area contributed by atoms with Gasteiger partial charge in [0.15, 0.2) is 28.8 Å². The minimum absolute atomic E-state index is 0.00734. The van der Waals surface area contributed by atoms with Gasteiger partial charge in [0.05, 0.1) is 37.8 Å². The number of esters is 4. The van der Waals surface area contributed by atoms with E-state index in [-0.39, 0.29) is 54.5 Å². The lowest BCUT2D eigenvalue weighted by atomic mass is 9.93. The van der Waals surface area contributed by atoms with Crippen molar-refractivity contribution in [3.05, 3.63) is 191 Å². The third kappa shape index (κ3) is 11.9. The van der Waals surface area contributed by atoms with Crippen LogP contribution in [-0.2, 0) is 49.7 Å². The first kappa shape index (κ1) is 42.4. The number of Topliss-reactive ketones (excluding diaryl/α,β-unsaturated/α-hetero) is 1. The predicted molar refractivity (Wildman–Crippen MR) is 225 cm³/mol. The molecule has 11 heteroatoms. The highest BCUT2D eigenvalue weighted by atomic mass is 16.6. The number of carbonyl (C=O) groups excluding carboxylic acids is 5. The summed E-state index contributed by atoms with van der Waals surface area (Å²) in [4.78, 5) is 67.0. The SMILES string of the molecule is CNC(C(=O)C(NC)c1ccc(OC(=O)Cc2ccccc2)c(OC(=O)Cc2ccccc2)c1)c1ccc(OC(=O)Cc2ccccc2)c(OC(=O)Cc2ccccc2)c1. The molecule has 0 aliphatic rings. The maximum Gasteiger partial charge on any atom is 0.315 e. The lowest BCUT2D eigenvalue weighted by molar-refractivity contribution is -0.136. The summed E-state index contributed by atoms with van der Waals surface area (Å²) in [6.45, 7) is 0. The van der Waals surface area contributed by atoms with Crippen LogP contribution in [0, 0.1) is 0 Å². The molecule has 0 saturated carbocycles. The third-order valence-corrected chi connectivity index (χ3v) is 9.41. The number of hydrogen-bond acceptors (Lipinski definition) is 11. The summed E-state index contributed by atoms with van der Waals surface area (Å²) >= 11 is 0. The highest BCUT2D eigenvalue weighted by molar-refractivity contribution is 5.92. The van der Waals surface area contributed by atoms with E-state index in [1.54, 1.807) is 74.8 Å². The van der Waals surface area contributed by atoms with Gasteiger partial charge in [0.2, 0.25) is 0 Å². The van der Waals surface area contributed by atoms with Gasteiger partial charge in [-0.3, -0.25) is 24.0 Å². The number of hydrogen-bond donors (Lipinski definition) is 2. The van der Waals surface area contributed by atoms with Crippen molar-refractivity contribution in [2.24, 2.45) is 0 Å². The van der Waals surface area contributed by atoms with Crippen molar-refractivity contribution in [2.45, 2.75) is 37.8 Å². The predicted octanol–water partition coefficient (Wildman–Crippen LogP) is 7.07. The van der Waals surface area contributed by atoms with Crippen molar-refractivity contribution in [1.82, 2.24) is 10.6 Å². The van der Waals surface area contributed by atoms with Crippen LogP contribution in [0.3, 0.4) is 0 Å². The molecule has 0 aromatic heterocycles. The first-order valence-corrected chi connectivity index (χ1v) is 19.3. The van der Waals surface area contributed by atoms with Gasteiger partial charge in [-0.2, -0.15) is 0 Å². The molecule has 0 amide bonds. The first-order chi connectivity index (χ1) is 29.2. The van der Waals surface area contributed by atoms with Gasteiger partial charge in [-0.25, -0.2) is 0 Å². The van der Waals surface area contributed by atoms with Crippen LogP contribution >= 0.6 is 0 Å². The fourth-order valence-electron chi connectivity index (χ4n) is 6.53. The molecular formula is C49H44N2O9. The Morgan fingerprint density at radius 1 is 0.383 bits per heavy atom. The van der Waals surface area contributed by atoms with Crippen molar-refractivity contribution in [1.29, 1.82) is 0 Å². The standard InChI is InChI=1S/C49H44N2O9/c1-50-47(37-23-25-39(57-43(52)27-33-15-7-3-8-16-33)41(31-37)59-45(54)29-35-19-11-5-12-20-35)49(56)48(51-2)38-24-26-40(58-44(53)28-34-17-9-4-10-18-34)42(32-38)60-46(55)30-36-21-13-6-14-22-36/h3-26,31-32,47-48,50-51H,27-30H2,1-2H3. The van der Waals surface area contributed by atoms with Crippen molar-refractivity contribution >= 4 is 29.7 Å². The van der Waals surface area contributed by atoms with Gasteiger partial charge < -0.3 is 29.6 Å². The van der Waals surface area contributed by atoms with Crippen LogP contribution in [0.1, 0.15) is 45.5 Å². The van der Waals surface area contributed by atoms with E-state index in [1.165, 1.54) is 24.3 Å². The molecule has 11 nitrogen and oxygen atoms in total. The van der Waals surface area contributed by atoms with Gasteiger partial charge in [-0.05, 0) is 71.7 Å². The molecule has 6 rings (SSSR count). The minimum atomic E-state index is -0.976. The van der Waals surface area contributed by atoms with E-state index in [0.717, 1.165) is 22.3 Å². The molecule has 2 unspecified atom stereocenters. The molecule has 0 radical (unpaired) electrons. The molecule has 0 fully saturated rings. The average molecular weight is 805 g/mol. The summed E-state index contributed by atoms with van der Waals surface area (Å²) in [6.07, 6.45) is -0.130. The zero-order valence-corrected chi connectivity index (χ0v) is 33.2. The van der Waals surface area contributed by atoms with Gasteiger partial charge in [-0.15, -0.1) is 0 Å². The molecule has 0 aliphatic carbocycles. The average Bonchev–Trinajstić information content (AvgIpc) is 3.24. The Balaban J connectivity index is 1.27. The summed E-state index contributed by atoms with van der Waals surface area (Å²) in [5.41, 5.74) is 3.76. The molecule has 304 valence electrons. The fraction of sp³-hybridized carbons (Fsp3) is 0.163. The highest BCUT2D eigenvalue weighted by Crippen LogP contribution is 2.36. The normalized spacial score (nSPS) is 11.8. The molecule has 0 bridgehead atoms. The van der Waals surface area contributed by atoms with Gasteiger partial charge >= 0.3 is 23.9 Å². The van der Waals surface area contributed by atoms with Crippen LogP contribution in [0.15, 0.2) is 158 Å². The number of likely N-dealkylation sites (N-methyl/N-ethyl adjacent to an activating group) is 2. The van der Waals surface area contributed by atoms with Crippen molar-refractivity contribution in [2.75, 3.05) is 14.1 Å². The summed E-state index contributed by atoms with van der Waals surface area (Å²) < 4.78 is 23.0. The minimum Gasteiger partial charge on any atom is -0.422 e. The Bertz CT molecular complexity index is 2240. The second kappa shape index (κ2) is 21.0. The van der Waals surface area contributed by atoms with E-state index in [1.807, 2.05) is 72.8 Å². The number of carbonyl (C=O) groups is 5. The molecule has 2 N–H and O–H groups in total. The summed E-state index contributed by atoms with van der Waals surface area (Å²) in [5.74, 6) is -2.76. The topological polar surface area (TPSA) is 146 Å². The third-order valence-electron chi connectivity index (χ3n) is 9.41. The maximum atomic E-state index is 14.5. The van der Waals surface area contributed by atoms with Crippen molar-refractivity contribution < 1.29 is 42.9 Å². The molecule has 0 spiro atoms. The monoisotopic (exact) mass is 804 g/mol. The van der Waals surface area contributed by atoms with Crippen LogP contribution < -0.4 is 29.6 Å². The van der Waals surface area contributed by atoms with Crippen LogP contribution in [0.2, 0.25) is 0 Å². The maximum absolute atomic E-state index is 14.5. The summed E-state index contributed by atoms with van der Waals surface area (Å²) in [7, 11) is 3.21. The van der Waals surface area contributed by atoms with Crippen molar-refractivity contribution in [3.63, 3.8) is 0 Å². The Kier molecular flexibility index (Phi) is 14.8. The fourth-order valence-corrected chi connectivity index (χ4v) is 6.53. The Labute approximate surface area is 348 Å². The number of nitrogens with one attached hydrogen (secondary N) is 2. The lowest BCUT2D eigenvalue weighted by Crippen LogP contribution is -2.35. The first-order valence-electron chi connectivity index (χ1n) is 19.3. The van der Waals surface area contributed by atoms with E-state index in [9.17, 15) is 24.0 Å². The van der Waals surface area contributed by atoms with Gasteiger partial charge in [0, 0.05) is 0 Å². The van der Waals surface area contributed by atoms with E-state index in [2.05, 4.69) is 10.6 Å². The van der Waals surface area contributed by atoms with Crippen LogP contribution in [0.4, 0.5) is 0 Å². The molecule has 6 aromatic carbocycles. The zero-order valence-electron chi connectivity index (χ0n) is 33.2. The van der Waals surface area contributed by atoms with Crippen LogP contribution in [-0.4, -0.2) is 43.8 Å². The quantitative estimate of drug-likeness (QED) is 0.0680. The second-order valence-electron chi connectivity index (χ2n) is 13.8. The molecule has 6 aromatic rings. The van der Waals surface area contributed by atoms with Crippen molar-refractivity contribution in [3.8, 4) is 23.0 Å². The van der Waals surface area contributed by atoms with Gasteiger partial charge in [0.25, 0.3) is 0 Å². The largest absolute Gasteiger partial charge is 0.422 e. The molecular weight excluding hydrogens is 761 g/mol. The molecule has 2 atom stereocenters. The summed E-state index contributed by atoms with van der Waals surface area (Å²) in [6, 6.07) is 43.5. The molecule has 60 heavy (non-hydrogen) atoms. The van der Waals surface area contributed by atoms with E-state index in [4.69, 9.17) is 18.9 Å². The molecule has 0 saturated heterocycles. The second-order valence-corrected chi connectivity index (χ2v) is 13.8. The highest BCUT2D eigenvalue weighted by Gasteiger charge is 2.30. The van der Waals surface area contributed by atoms with Gasteiger partial charge in [0.1, 0.15) is 0 Å². The van der Waals surface area contributed by atoms with Crippen LogP contribution in [0.5, 0.6) is 23.0 Å². The lowest BCUT2D eigenvalue weighted by Gasteiger charge is -2.24. The Morgan fingerprint density at radius 3 is 0.917 bits per heavy atom. The summed E-state index contributed by atoms with van der Waals surface area (Å²) in [5, 5.41) is 6.12.